The number of hydrazone groups is 1. The van der Waals surface area contributed by atoms with Crippen molar-refractivity contribution in [3.05, 3.63) is 17.7 Å². The second-order valence-corrected chi connectivity index (χ2v) is 6.98. The minimum Gasteiger partial charge on any atom is -0.493 e. The van der Waals surface area contributed by atoms with Crippen LogP contribution in [0.5, 0.6) is 17.2 Å². The zero-order chi connectivity index (χ0) is 19.6. The maximum absolute atomic E-state index is 12.9. The van der Waals surface area contributed by atoms with Gasteiger partial charge in [-0.1, -0.05) is 6.92 Å². The molecule has 2 fully saturated rings. The van der Waals surface area contributed by atoms with E-state index in [0.29, 0.717) is 41.6 Å². The molecule has 0 unspecified atom stereocenters. The normalized spacial score (nSPS) is 25.2. The molecule has 1 aromatic rings. The van der Waals surface area contributed by atoms with Gasteiger partial charge in [0.25, 0.3) is 5.91 Å². The van der Waals surface area contributed by atoms with E-state index >= 15 is 0 Å². The Morgan fingerprint density at radius 2 is 1.78 bits per heavy atom. The van der Waals surface area contributed by atoms with Crippen molar-refractivity contribution in [1.82, 2.24) is 10.3 Å². The monoisotopic (exact) mass is 375 g/mol. The Morgan fingerprint density at radius 1 is 1.11 bits per heavy atom. The van der Waals surface area contributed by atoms with E-state index in [9.17, 15) is 9.59 Å². The first kappa shape index (κ1) is 19.0. The maximum atomic E-state index is 12.9. The molecular weight excluding hydrogens is 350 g/mol. The SMILES string of the molecule is COc1ccc(/C=N/N2C(=O)NC3(CCC(C)CC3)C2=O)c(OC)c1OC. The van der Waals surface area contributed by atoms with E-state index in [2.05, 4.69) is 17.3 Å². The Balaban J connectivity index is 1.86. The van der Waals surface area contributed by atoms with Gasteiger partial charge in [-0.05, 0) is 43.7 Å². The standard InChI is InChI=1S/C19H25N3O5/c1-12-7-9-19(10-8-12)17(23)22(18(24)21-19)20-11-13-5-6-14(25-2)16(27-4)15(13)26-3/h5-6,11-12H,7-10H2,1-4H3,(H,21,24)/b20-11+. The van der Waals surface area contributed by atoms with E-state index < -0.39 is 11.6 Å². The first-order valence-electron chi connectivity index (χ1n) is 8.95. The molecule has 8 nitrogen and oxygen atoms in total. The van der Waals surface area contributed by atoms with E-state index in [1.54, 1.807) is 12.1 Å². The molecule has 1 aliphatic carbocycles. The molecule has 3 rings (SSSR count). The van der Waals surface area contributed by atoms with Crippen LogP contribution in [-0.4, -0.2) is 50.0 Å². The third kappa shape index (κ3) is 3.31. The Bertz CT molecular complexity index is 769. The zero-order valence-electron chi connectivity index (χ0n) is 16.1. The van der Waals surface area contributed by atoms with Crippen LogP contribution in [0.15, 0.2) is 17.2 Å². The third-order valence-electron chi connectivity index (χ3n) is 5.32. The lowest BCUT2D eigenvalue weighted by Crippen LogP contribution is -2.49. The molecule has 8 heteroatoms. The highest BCUT2D eigenvalue weighted by Crippen LogP contribution is 2.39. The minimum atomic E-state index is -0.817. The van der Waals surface area contributed by atoms with E-state index in [1.165, 1.54) is 27.5 Å². The van der Waals surface area contributed by atoms with Gasteiger partial charge < -0.3 is 19.5 Å². The summed E-state index contributed by atoms with van der Waals surface area (Å²) in [6, 6.07) is 2.93. The van der Waals surface area contributed by atoms with Crippen molar-refractivity contribution in [2.45, 2.75) is 38.1 Å². The fraction of sp³-hybridized carbons (Fsp3) is 0.526. The molecule has 0 radical (unpaired) electrons. The Morgan fingerprint density at radius 3 is 2.37 bits per heavy atom. The van der Waals surface area contributed by atoms with Crippen LogP contribution in [0.3, 0.4) is 0 Å². The van der Waals surface area contributed by atoms with Gasteiger partial charge in [0.05, 0.1) is 27.5 Å². The number of hydrogen-bond acceptors (Lipinski definition) is 6. The fourth-order valence-corrected chi connectivity index (χ4v) is 3.65. The topological polar surface area (TPSA) is 89.5 Å². The number of rotatable bonds is 5. The van der Waals surface area contributed by atoms with Crippen LogP contribution >= 0.6 is 0 Å². The Hall–Kier alpha value is -2.77. The summed E-state index contributed by atoms with van der Waals surface area (Å²) in [4.78, 5) is 25.2. The lowest BCUT2D eigenvalue weighted by atomic mass is 9.77. The fourth-order valence-electron chi connectivity index (χ4n) is 3.65. The van der Waals surface area contributed by atoms with Crippen LogP contribution in [-0.2, 0) is 4.79 Å². The number of urea groups is 1. The molecule has 2 aliphatic rings. The summed E-state index contributed by atoms with van der Waals surface area (Å²) in [6.45, 7) is 2.16. The van der Waals surface area contributed by atoms with E-state index in [4.69, 9.17) is 14.2 Å². The Labute approximate surface area is 158 Å². The molecule has 0 aromatic heterocycles. The molecule has 0 bridgehead atoms. The number of carbonyl (C=O) groups excluding carboxylic acids is 2. The van der Waals surface area contributed by atoms with Gasteiger partial charge in [-0.2, -0.15) is 5.10 Å². The summed E-state index contributed by atoms with van der Waals surface area (Å²) in [5.41, 5.74) is -0.253. The number of imide groups is 1. The van der Waals surface area contributed by atoms with Gasteiger partial charge in [-0.15, -0.1) is 5.01 Å². The van der Waals surface area contributed by atoms with Gasteiger partial charge in [0.2, 0.25) is 5.75 Å². The highest BCUT2D eigenvalue weighted by atomic mass is 16.5. The number of hydrogen-bond donors (Lipinski definition) is 1. The van der Waals surface area contributed by atoms with Gasteiger partial charge >= 0.3 is 6.03 Å². The molecule has 1 aliphatic heterocycles. The number of methoxy groups -OCH3 is 3. The summed E-state index contributed by atoms with van der Waals surface area (Å²) in [5, 5.41) is 7.89. The summed E-state index contributed by atoms with van der Waals surface area (Å²) in [6.07, 6.45) is 4.53. The van der Waals surface area contributed by atoms with Crippen LogP contribution in [0.1, 0.15) is 38.2 Å². The van der Waals surface area contributed by atoms with E-state index in [-0.39, 0.29) is 5.91 Å². The maximum Gasteiger partial charge on any atom is 0.346 e. The van der Waals surface area contributed by atoms with Crippen molar-refractivity contribution in [2.24, 2.45) is 11.0 Å². The molecule has 1 saturated heterocycles. The lowest BCUT2D eigenvalue weighted by Gasteiger charge is -2.33. The van der Waals surface area contributed by atoms with Crippen LogP contribution in [0, 0.1) is 5.92 Å². The van der Waals surface area contributed by atoms with Crippen LogP contribution in [0.2, 0.25) is 0 Å². The second-order valence-electron chi connectivity index (χ2n) is 6.98. The molecule has 1 spiro atoms. The van der Waals surface area contributed by atoms with Crippen LogP contribution < -0.4 is 19.5 Å². The first-order valence-corrected chi connectivity index (χ1v) is 8.95. The van der Waals surface area contributed by atoms with Gasteiger partial charge in [0, 0.05) is 5.56 Å². The van der Waals surface area contributed by atoms with Gasteiger partial charge in [-0.3, -0.25) is 4.79 Å². The molecule has 3 amide bonds. The molecule has 0 atom stereocenters. The summed E-state index contributed by atoms with van der Waals surface area (Å²) in [7, 11) is 4.54. The van der Waals surface area contributed by atoms with Gasteiger partial charge in [0.1, 0.15) is 5.54 Å². The van der Waals surface area contributed by atoms with Crippen molar-refractivity contribution < 1.29 is 23.8 Å². The molecular formula is C19H25N3O5. The molecule has 146 valence electrons. The first-order chi connectivity index (χ1) is 13.0. The summed E-state index contributed by atoms with van der Waals surface area (Å²) >= 11 is 0. The highest BCUT2D eigenvalue weighted by Gasteiger charge is 2.52. The van der Waals surface area contributed by atoms with E-state index in [1.807, 2.05) is 0 Å². The van der Waals surface area contributed by atoms with Crippen molar-refractivity contribution >= 4 is 18.2 Å². The van der Waals surface area contributed by atoms with Crippen LogP contribution in [0.4, 0.5) is 4.79 Å². The molecule has 1 heterocycles. The smallest absolute Gasteiger partial charge is 0.346 e. The largest absolute Gasteiger partial charge is 0.493 e. The second kappa shape index (κ2) is 7.46. The van der Waals surface area contributed by atoms with Gasteiger partial charge in [-0.25, -0.2) is 4.79 Å². The number of nitrogens with zero attached hydrogens (tertiary/aromatic N) is 2. The molecule has 1 aromatic carbocycles. The van der Waals surface area contributed by atoms with Crippen molar-refractivity contribution in [3.8, 4) is 17.2 Å². The lowest BCUT2D eigenvalue weighted by molar-refractivity contribution is -0.132. The van der Waals surface area contributed by atoms with Crippen molar-refractivity contribution in [1.29, 1.82) is 0 Å². The number of nitrogens with one attached hydrogen (secondary N) is 1. The number of amides is 3. The number of benzene rings is 1. The van der Waals surface area contributed by atoms with E-state index in [0.717, 1.165) is 17.9 Å². The minimum absolute atomic E-state index is 0.296. The highest BCUT2D eigenvalue weighted by molar-refractivity contribution is 6.07. The quantitative estimate of drug-likeness (QED) is 0.631. The molecule has 1 N–H and O–H groups in total. The average molecular weight is 375 g/mol. The molecule has 27 heavy (non-hydrogen) atoms. The van der Waals surface area contributed by atoms with Crippen molar-refractivity contribution in [3.63, 3.8) is 0 Å². The van der Waals surface area contributed by atoms with Crippen molar-refractivity contribution in [2.75, 3.05) is 21.3 Å². The number of carbonyl (C=O) groups is 2. The zero-order valence-corrected chi connectivity index (χ0v) is 16.1. The van der Waals surface area contributed by atoms with Crippen LogP contribution in [0.25, 0.3) is 0 Å². The van der Waals surface area contributed by atoms with Gasteiger partial charge in [0.15, 0.2) is 11.5 Å². The Kier molecular flexibility index (Phi) is 5.25. The molecule has 1 saturated carbocycles. The predicted molar refractivity (Wildman–Crippen MR) is 99.4 cm³/mol. The third-order valence-corrected chi connectivity index (χ3v) is 5.32. The average Bonchev–Trinajstić information content (AvgIpc) is 2.91. The predicted octanol–water partition coefficient (Wildman–Crippen LogP) is 2.55. The summed E-state index contributed by atoms with van der Waals surface area (Å²) < 4.78 is 16.0. The summed E-state index contributed by atoms with van der Waals surface area (Å²) in [5.74, 6) is 1.61. The number of ether oxygens (including phenoxy) is 3.